The molecular formula is C29H33BrClN3O4S. The lowest BCUT2D eigenvalue weighted by molar-refractivity contribution is -0.140. The van der Waals surface area contributed by atoms with Gasteiger partial charge in [0.2, 0.25) is 11.8 Å². The fourth-order valence-electron chi connectivity index (χ4n) is 4.03. The van der Waals surface area contributed by atoms with E-state index >= 15 is 0 Å². The topological polar surface area (TPSA) is 86.8 Å². The van der Waals surface area contributed by atoms with E-state index in [9.17, 15) is 18.0 Å². The molecule has 2 amide bonds. The summed E-state index contributed by atoms with van der Waals surface area (Å²) in [5.74, 6) is -0.822. The lowest BCUT2D eigenvalue weighted by atomic mass is 10.1. The molecule has 3 aromatic rings. The summed E-state index contributed by atoms with van der Waals surface area (Å²) in [5, 5.41) is 3.41. The number of rotatable bonds is 12. The van der Waals surface area contributed by atoms with Crippen molar-refractivity contribution in [2.45, 2.75) is 57.1 Å². The Bertz CT molecular complexity index is 1370. The maximum absolute atomic E-state index is 14.0. The van der Waals surface area contributed by atoms with Crippen LogP contribution >= 0.6 is 27.5 Å². The van der Waals surface area contributed by atoms with Crippen molar-refractivity contribution in [2.24, 2.45) is 0 Å². The molecule has 0 aliphatic heterocycles. The van der Waals surface area contributed by atoms with Crippen molar-refractivity contribution >= 4 is 55.1 Å². The number of carbonyl (C=O) groups excluding carboxylic acids is 2. The van der Waals surface area contributed by atoms with Crippen molar-refractivity contribution in [1.82, 2.24) is 10.2 Å². The zero-order chi connectivity index (χ0) is 28.6. The third-order valence-electron chi connectivity index (χ3n) is 6.41. The number of hydrogen-bond donors (Lipinski definition) is 1. The Morgan fingerprint density at radius 2 is 1.54 bits per heavy atom. The minimum Gasteiger partial charge on any atom is -0.352 e. The Morgan fingerprint density at radius 3 is 2.13 bits per heavy atom. The van der Waals surface area contributed by atoms with Crippen LogP contribution in [0.3, 0.4) is 0 Å². The fraction of sp³-hybridized carbons (Fsp3) is 0.310. The van der Waals surface area contributed by atoms with Crippen LogP contribution in [0, 0.1) is 0 Å². The van der Waals surface area contributed by atoms with Gasteiger partial charge in [-0.1, -0.05) is 77.8 Å². The van der Waals surface area contributed by atoms with E-state index in [-0.39, 0.29) is 23.4 Å². The number of nitrogens with one attached hydrogen (secondary N) is 1. The summed E-state index contributed by atoms with van der Waals surface area (Å²) >= 11 is 9.80. The molecule has 0 bridgehead atoms. The molecule has 1 N–H and O–H groups in total. The molecule has 0 saturated heterocycles. The molecule has 0 radical (unpaired) electrons. The standard InChI is InChI=1S/C29H33BrClN3O4S/c1-4-21(3)32-29(36)27(5-2)33(19-22-11-9-10-14-26(22)31)28(35)20-34(24-17-15-23(30)16-18-24)39(37,38)25-12-7-6-8-13-25/h6-18,21,27H,4-5,19-20H2,1-3H3,(H,32,36). The highest BCUT2D eigenvalue weighted by atomic mass is 79.9. The van der Waals surface area contributed by atoms with Crippen LogP contribution in [-0.4, -0.2) is 43.8 Å². The van der Waals surface area contributed by atoms with Crippen molar-refractivity contribution in [3.05, 3.63) is 93.9 Å². The number of carbonyl (C=O) groups is 2. The van der Waals surface area contributed by atoms with Crippen molar-refractivity contribution < 1.29 is 18.0 Å². The average Bonchev–Trinajstić information content (AvgIpc) is 2.93. The maximum Gasteiger partial charge on any atom is 0.264 e. The number of amides is 2. The number of anilines is 1. The van der Waals surface area contributed by atoms with Crippen molar-refractivity contribution in [3.63, 3.8) is 0 Å². The zero-order valence-corrected chi connectivity index (χ0v) is 25.3. The van der Waals surface area contributed by atoms with E-state index in [4.69, 9.17) is 11.6 Å². The van der Waals surface area contributed by atoms with E-state index in [2.05, 4.69) is 21.2 Å². The molecule has 0 aliphatic carbocycles. The van der Waals surface area contributed by atoms with Gasteiger partial charge in [0.25, 0.3) is 10.0 Å². The molecule has 10 heteroatoms. The van der Waals surface area contributed by atoms with Crippen LogP contribution in [-0.2, 0) is 26.2 Å². The Hall–Kier alpha value is -2.88. The lowest BCUT2D eigenvalue weighted by Gasteiger charge is -2.34. The monoisotopic (exact) mass is 633 g/mol. The summed E-state index contributed by atoms with van der Waals surface area (Å²) in [6.07, 6.45) is 1.06. The Labute approximate surface area is 244 Å². The zero-order valence-electron chi connectivity index (χ0n) is 22.2. The molecule has 7 nitrogen and oxygen atoms in total. The number of sulfonamides is 1. The molecule has 0 aromatic heterocycles. The first kappa shape index (κ1) is 30.7. The highest BCUT2D eigenvalue weighted by Gasteiger charge is 2.34. The van der Waals surface area contributed by atoms with Gasteiger partial charge in [0.1, 0.15) is 12.6 Å². The lowest BCUT2D eigenvalue weighted by Crippen LogP contribution is -2.53. The molecule has 0 aliphatic rings. The van der Waals surface area contributed by atoms with Crippen LogP contribution in [0.4, 0.5) is 5.69 Å². The summed E-state index contributed by atoms with van der Waals surface area (Å²) in [4.78, 5) is 28.8. The summed E-state index contributed by atoms with van der Waals surface area (Å²) in [5.41, 5.74) is 0.980. The second kappa shape index (κ2) is 14.0. The van der Waals surface area contributed by atoms with Crippen LogP contribution in [0.5, 0.6) is 0 Å². The molecule has 0 fully saturated rings. The Balaban J connectivity index is 2.05. The van der Waals surface area contributed by atoms with Crippen LogP contribution < -0.4 is 9.62 Å². The summed E-state index contributed by atoms with van der Waals surface area (Å²) < 4.78 is 29.4. The summed E-state index contributed by atoms with van der Waals surface area (Å²) in [6, 6.07) is 20.8. The molecule has 0 saturated carbocycles. The predicted octanol–water partition coefficient (Wildman–Crippen LogP) is 6.02. The molecule has 208 valence electrons. The molecule has 39 heavy (non-hydrogen) atoms. The van der Waals surface area contributed by atoms with Crippen LogP contribution in [0.25, 0.3) is 0 Å². The minimum atomic E-state index is -4.11. The van der Waals surface area contributed by atoms with E-state index < -0.39 is 28.5 Å². The molecule has 3 aromatic carbocycles. The van der Waals surface area contributed by atoms with Gasteiger partial charge in [-0.25, -0.2) is 8.42 Å². The van der Waals surface area contributed by atoms with Gasteiger partial charge in [-0.15, -0.1) is 0 Å². The summed E-state index contributed by atoms with van der Waals surface area (Å²) in [6.45, 7) is 5.22. The van der Waals surface area contributed by atoms with Crippen LogP contribution in [0.1, 0.15) is 39.2 Å². The molecule has 3 rings (SSSR count). The van der Waals surface area contributed by atoms with Gasteiger partial charge in [0, 0.05) is 22.1 Å². The molecule has 2 atom stereocenters. The quantitative estimate of drug-likeness (QED) is 0.264. The van der Waals surface area contributed by atoms with Gasteiger partial charge in [0.05, 0.1) is 10.6 Å². The van der Waals surface area contributed by atoms with Gasteiger partial charge in [-0.3, -0.25) is 13.9 Å². The smallest absolute Gasteiger partial charge is 0.264 e. The van der Waals surface area contributed by atoms with Crippen LogP contribution in [0.15, 0.2) is 88.2 Å². The molecule has 0 heterocycles. The van der Waals surface area contributed by atoms with Crippen molar-refractivity contribution in [1.29, 1.82) is 0 Å². The SMILES string of the molecule is CCC(C)NC(=O)C(CC)N(Cc1ccccc1Cl)C(=O)CN(c1ccc(Br)cc1)S(=O)(=O)c1ccccc1. The van der Waals surface area contributed by atoms with Crippen molar-refractivity contribution in [3.8, 4) is 0 Å². The molecule has 0 spiro atoms. The summed E-state index contributed by atoms with van der Waals surface area (Å²) in [7, 11) is -4.11. The van der Waals surface area contributed by atoms with E-state index in [1.54, 1.807) is 66.7 Å². The fourth-order valence-corrected chi connectivity index (χ4v) is 5.92. The van der Waals surface area contributed by atoms with E-state index in [1.165, 1.54) is 17.0 Å². The largest absolute Gasteiger partial charge is 0.352 e. The van der Waals surface area contributed by atoms with Gasteiger partial charge in [0.15, 0.2) is 0 Å². The maximum atomic E-state index is 14.0. The first-order chi connectivity index (χ1) is 18.6. The predicted molar refractivity (Wildman–Crippen MR) is 159 cm³/mol. The number of halogens is 2. The molecular weight excluding hydrogens is 602 g/mol. The minimum absolute atomic E-state index is 0.0461. The van der Waals surface area contributed by atoms with Gasteiger partial charge in [-0.05, 0) is 67.8 Å². The third-order valence-corrected chi connectivity index (χ3v) is 9.10. The van der Waals surface area contributed by atoms with E-state index in [0.717, 1.165) is 15.2 Å². The Morgan fingerprint density at radius 1 is 0.923 bits per heavy atom. The normalized spacial score (nSPS) is 12.8. The first-order valence-corrected chi connectivity index (χ1v) is 15.4. The number of benzene rings is 3. The highest BCUT2D eigenvalue weighted by Crippen LogP contribution is 2.27. The number of hydrogen-bond acceptors (Lipinski definition) is 4. The first-order valence-electron chi connectivity index (χ1n) is 12.7. The van der Waals surface area contributed by atoms with Crippen molar-refractivity contribution in [2.75, 3.05) is 10.8 Å². The second-order valence-corrected chi connectivity index (χ2v) is 12.3. The van der Waals surface area contributed by atoms with Gasteiger partial charge in [-0.2, -0.15) is 0 Å². The molecule has 2 unspecified atom stereocenters. The second-order valence-electron chi connectivity index (χ2n) is 9.16. The highest BCUT2D eigenvalue weighted by molar-refractivity contribution is 9.10. The van der Waals surface area contributed by atoms with Gasteiger partial charge < -0.3 is 10.2 Å². The van der Waals surface area contributed by atoms with E-state index in [0.29, 0.717) is 22.7 Å². The van der Waals surface area contributed by atoms with Crippen LogP contribution in [0.2, 0.25) is 5.02 Å². The van der Waals surface area contributed by atoms with Gasteiger partial charge >= 0.3 is 0 Å². The van der Waals surface area contributed by atoms with E-state index in [1.807, 2.05) is 20.8 Å². The third kappa shape index (κ3) is 7.84. The number of nitrogens with zero attached hydrogens (tertiary/aromatic N) is 2. The Kier molecular flexibility index (Phi) is 11.0. The average molecular weight is 635 g/mol.